The molecular formula is C19H22N4O2S. The molecule has 0 saturated heterocycles. The van der Waals surface area contributed by atoms with Gasteiger partial charge in [0, 0.05) is 18.0 Å². The van der Waals surface area contributed by atoms with Crippen molar-refractivity contribution < 1.29 is 9.21 Å². The molecule has 0 radical (unpaired) electrons. The first-order chi connectivity index (χ1) is 12.5. The summed E-state index contributed by atoms with van der Waals surface area (Å²) in [7, 11) is 0. The highest BCUT2D eigenvalue weighted by Gasteiger charge is 2.14. The van der Waals surface area contributed by atoms with Gasteiger partial charge in [-0.05, 0) is 44.6 Å². The third-order valence-corrected chi connectivity index (χ3v) is 4.49. The number of benzene rings is 1. The molecule has 26 heavy (non-hydrogen) atoms. The molecule has 1 aromatic carbocycles. The number of aryl methyl sites for hydroxylation is 2. The van der Waals surface area contributed by atoms with Crippen LogP contribution in [0.4, 0.5) is 0 Å². The quantitative estimate of drug-likeness (QED) is 0.623. The predicted molar refractivity (Wildman–Crippen MR) is 102 cm³/mol. The lowest BCUT2D eigenvalue weighted by molar-refractivity contribution is -0.122. The van der Waals surface area contributed by atoms with Gasteiger partial charge in [0.05, 0.1) is 6.26 Å². The fourth-order valence-electron chi connectivity index (χ4n) is 2.74. The molecule has 0 fully saturated rings. The summed E-state index contributed by atoms with van der Waals surface area (Å²) in [5.41, 5.74) is 2.08. The molecular weight excluding hydrogens is 348 g/mol. The lowest BCUT2D eigenvalue weighted by Crippen LogP contribution is -2.35. The molecule has 0 spiro atoms. The van der Waals surface area contributed by atoms with E-state index in [0.717, 1.165) is 29.7 Å². The second-order valence-electron chi connectivity index (χ2n) is 6.39. The SMILES string of the molecule is Cc1ccc(-c2n[nH]c(=S)n2CC(=O)N[C@H](C)CCc2ccco2)cc1. The van der Waals surface area contributed by atoms with Crippen molar-refractivity contribution in [3.05, 3.63) is 58.8 Å². The molecule has 3 aromatic rings. The number of carbonyl (C=O) groups is 1. The molecule has 2 N–H and O–H groups in total. The molecule has 1 amide bonds. The third kappa shape index (κ3) is 4.49. The van der Waals surface area contributed by atoms with E-state index in [9.17, 15) is 4.79 Å². The average Bonchev–Trinajstić information content (AvgIpc) is 3.25. The second-order valence-corrected chi connectivity index (χ2v) is 6.78. The van der Waals surface area contributed by atoms with E-state index >= 15 is 0 Å². The first kappa shape index (κ1) is 18.1. The Morgan fingerprint density at radius 1 is 1.35 bits per heavy atom. The maximum Gasteiger partial charge on any atom is 0.240 e. The van der Waals surface area contributed by atoms with Gasteiger partial charge >= 0.3 is 0 Å². The highest BCUT2D eigenvalue weighted by Crippen LogP contribution is 2.17. The lowest BCUT2D eigenvalue weighted by Gasteiger charge is -2.14. The molecule has 136 valence electrons. The van der Waals surface area contributed by atoms with E-state index in [4.69, 9.17) is 16.6 Å². The average molecular weight is 370 g/mol. The van der Waals surface area contributed by atoms with Crippen molar-refractivity contribution in [2.45, 2.75) is 39.3 Å². The first-order valence-corrected chi connectivity index (χ1v) is 8.98. The molecule has 0 aliphatic rings. The predicted octanol–water partition coefficient (Wildman–Crippen LogP) is 3.65. The van der Waals surface area contributed by atoms with Gasteiger partial charge in [-0.2, -0.15) is 5.10 Å². The molecule has 1 atom stereocenters. The number of H-pyrrole nitrogens is 1. The maximum atomic E-state index is 12.4. The summed E-state index contributed by atoms with van der Waals surface area (Å²) in [6.07, 6.45) is 3.25. The standard InChI is InChI=1S/C19H22N4O2S/c1-13-5-8-15(9-6-13)18-21-22-19(26)23(18)12-17(24)20-14(2)7-10-16-4-3-11-25-16/h3-6,8-9,11,14H,7,10,12H2,1-2H3,(H,20,24)(H,22,26)/t14-/m1/s1. The number of rotatable bonds is 7. The maximum absolute atomic E-state index is 12.4. The number of amides is 1. The van der Waals surface area contributed by atoms with Gasteiger partial charge in [0.25, 0.3) is 0 Å². The van der Waals surface area contributed by atoms with Crippen LogP contribution in [0.5, 0.6) is 0 Å². The van der Waals surface area contributed by atoms with Gasteiger partial charge in [0.1, 0.15) is 12.3 Å². The number of aromatic amines is 1. The van der Waals surface area contributed by atoms with Crippen LogP contribution in [-0.2, 0) is 17.8 Å². The van der Waals surface area contributed by atoms with E-state index in [0.29, 0.717) is 10.6 Å². The second kappa shape index (κ2) is 8.14. The fourth-order valence-corrected chi connectivity index (χ4v) is 2.93. The number of carbonyl (C=O) groups excluding carboxylic acids is 1. The number of hydrogen-bond donors (Lipinski definition) is 2. The number of aromatic nitrogens is 3. The minimum absolute atomic E-state index is 0.0384. The molecule has 6 nitrogen and oxygen atoms in total. The fraction of sp³-hybridized carbons (Fsp3) is 0.316. The summed E-state index contributed by atoms with van der Waals surface area (Å²) in [6.45, 7) is 4.14. The highest BCUT2D eigenvalue weighted by molar-refractivity contribution is 7.71. The number of hydrogen-bond acceptors (Lipinski definition) is 4. The van der Waals surface area contributed by atoms with Crippen molar-refractivity contribution >= 4 is 18.1 Å². The van der Waals surface area contributed by atoms with Crippen LogP contribution in [0.3, 0.4) is 0 Å². The van der Waals surface area contributed by atoms with E-state index in [1.807, 2.05) is 50.2 Å². The van der Waals surface area contributed by atoms with Gasteiger partial charge in [-0.3, -0.25) is 14.5 Å². The van der Waals surface area contributed by atoms with Crippen molar-refractivity contribution in [1.29, 1.82) is 0 Å². The van der Waals surface area contributed by atoms with E-state index < -0.39 is 0 Å². The van der Waals surface area contributed by atoms with Crippen molar-refractivity contribution in [3.63, 3.8) is 0 Å². The molecule has 0 aliphatic carbocycles. The largest absolute Gasteiger partial charge is 0.469 e. The first-order valence-electron chi connectivity index (χ1n) is 8.57. The Hall–Kier alpha value is -2.67. The van der Waals surface area contributed by atoms with Crippen LogP contribution in [0.25, 0.3) is 11.4 Å². The summed E-state index contributed by atoms with van der Waals surface area (Å²) in [6, 6.07) is 11.8. The van der Waals surface area contributed by atoms with Crippen LogP contribution in [0.2, 0.25) is 0 Å². The minimum atomic E-state index is -0.0946. The topological polar surface area (TPSA) is 75.8 Å². The van der Waals surface area contributed by atoms with Crippen LogP contribution in [0.15, 0.2) is 47.1 Å². The zero-order valence-electron chi connectivity index (χ0n) is 14.9. The van der Waals surface area contributed by atoms with Crippen molar-refractivity contribution in [3.8, 4) is 11.4 Å². The molecule has 0 aliphatic heterocycles. The Bertz CT molecular complexity index is 910. The Balaban J connectivity index is 1.63. The van der Waals surface area contributed by atoms with Crippen LogP contribution < -0.4 is 5.32 Å². The monoisotopic (exact) mass is 370 g/mol. The van der Waals surface area contributed by atoms with Gasteiger partial charge in [-0.25, -0.2) is 0 Å². The molecule has 7 heteroatoms. The summed E-state index contributed by atoms with van der Waals surface area (Å²) in [4.78, 5) is 12.4. The van der Waals surface area contributed by atoms with Crippen LogP contribution >= 0.6 is 12.2 Å². The number of nitrogens with one attached hydrogen (secondary N) is 2. The molecule has 0 saturated carbocycles. The number of nitrogens with zero attached hydrogens (tertiary/aromatic N) is 2. The van der Waals surface area contributed by atoms with Crippen LogP contribution in [0.1, 0.15) is 24.7 Å². The Labute approximate surface area is 157 Å². The molecule has 0 unspecified atom stereocenters. The Morgan fingerprint density at radius 2 is 2.12 bits per heavy atom. The van der Waals surface area contributed by atoms with Gasteiger partial charge in [0.2, 0.25) is 5.91 Å². The summed E-state index contributed by atoms with van der Waals surface area (Å²) in [5.74, 6) is 1.49. The van der Waals surface area contributed by atoms with Crippen molar-refractivity contribution in [2.24, 2.45) is 0 Å². The highest BCUT2D eigenvalue weighted by atomic mass is 32.1. The van der Waals surface area contributed by atoms with Crippen LogP contribution in [0, 0.1) is 11.7 Å². The Kier molecular flexibility index (Phi) is 5.68. The van der Waals surface area contributed by atoms with Gasteiger partial charge in [-0.1, -0.05) is 29.8 Å². The Morgan fingerprint density at radius 3 is 2.81 bits per heavy atom. The van der Waals surface area contributed by atoms with Gasteiger partial charge in [-0.15, -0.1) is 0 Å². The molecule has 2 heterocycles. The zero-order valence-corrected chi connectivity index (χ0v) is 15.7. The van der Waals surface area contributed by atoms with Crippen LogP contribution in [-0.4, -0.2) is 26.7 Å². The van der Waals surface area contributed by atoms with E-state index in [1.165, 1.54) is 0 Å². The summed E-state index contributed by atoms with van der Waals surface area (Å²) < 4.78 is 7.47. The summed E-state index contributed by atoms with van der Waals surface area (Å²) in [5, 5.41) is 10.1. The molecule has 0 bridgehead atoms. The molecule has 3 rings (SSSR count). The third-order valence-electron chi connectivity index (χ3n) is 4.18. The van der Waals surface area contributed by atoms with Crippen molar-refractivity contribution in [1.82, 2.24) is 20.1 Å². The van der Waals surface area contributed by atoms with E-state index in [2.05, 4.69) is 15.5 Å². The smallest absolute Gasteiger partial charge is 0.240 e. The van der Waals surface area contributed by atoms with Crippen molar-refractivity contribution in [2.75, 3.05) is 0 Å². The van der Waals surface area contributed by atoms with Gasteiger partial charge in [0.15, 0.2) is 10.6 Å². The normalized spacial score (nSPS) is 12.1. The number of furan rings is 1. The minimum Gasteiger partial charge on any atom is -0.469 e. The lowest BCUT2D eigenvalue weighted by atomic mass is 10.1. The molecule has 2 aromatic heterocycles. The van der Waals surface area contributed by atoms with E-state index in [-0.39, 0.29) is 18.5 Å². The summed E-state index contributed by atoms with van der Waals surface area (Å²) >= 11 is 5.29. The zero-order chi connectivity index (χ0) is 18.5. The van der Waals surface area contributed by atoms with Gasteiger partial charge < -0.3 is 9.73 Å². The van der Waals surface area contributed by atoms with E-state index in [1.54, 1.807) is 10.8 Å².